The standard InChI is InChI=1S/C11H17NO2S/c1-4-9-5-6-10(15-9)7-12-11(13)14-8(2)3/h5-6,8H,4,7H2,1-3H3,(H,12,13). The minimum atomic E-state index is -0.351. The lowest BCUT2D eigenvalue weighted by Crippen LogP contribution is -2.25. The van der Waals surface area contributed by atoms with Crippen molar-refractivity contribution in [3.8, 4) is 0 Å². The molecule has 0 spiro atoms. The van der Waals surface area contributed by atoms with Crippen molar-refractivity contribution in [3.63, 3.8) is 0 Å². The number of carbonyl (C=O) groups excluding carboxylic acids is 1. The highest BCUT2D eigenvalue weighted by atomic mass is 32.1. The van der Waals surface area contributed by atoms with Gasteiger partial charge in [-0.15, -0.1) is 11.3 Å². The van der Waals surface area contributed by atoms with Crippen LogP contribution >= 0.6 is 11.3 Å². The summed E-state index contributed by atoms with van der Waals surface area (Å²) in [6.07, 6.45) is 0.622. The van der Waals surface area contributed by atoms with Crippen molar-refractivity contribution in [1.29, 1.82) is 0 Å². The van der Waals surface area contributed by atoms with Crippen molar-refractivity contribution in [1.82, 2.24) is 5.32 Å². The van der Waals surface area contributed by atoms with E-state index in [9.17, 15) is 4.79 Å². The quantitative estimate of drug-likeness (QED) is 0.858. The molecule has 1 aromatic rings. The number of alkyl carbamates (subject to hydrolysis) is 1. The Kier molecular flexibility index (Phi) is 4.62. The minimum Gasteiger partial charge on any atom is -0.447 e. The molecule has 0 fully saturated rings. The molecule has 0 saturated heterocycles. The third-order valence-electron chi connectivity index (χ3n) is 1.82. The first-order valence-corrected chi connectivity index (χ1v) is 5.95. The normalized spacial score (nSPS) is 10.4. The van der Waals surface area contributed by atoms with Crippen LogP contribution in [0.3, 0.4) is 0 Å². The van der Waals surface area contributed by atoms with E-state index in [1.807, 2.05) is 19.9 Å². The minimum absolute atomic E-state index is 0.0699. The Hall–Kier alpha value is -1.03. The zero-order valence-electron chi connectivity index (χ0n) is 9.37. The maximum absolute atomic E-state index is 11.2. The summed E-state index contributed by atoms with van der Waals surface area (Å²) >= 11 is 1.72. The molecule has 84 valence electrons. The monoisotopic (exact) mass is 227 g/mol. The molecule has 1 amide bonds. The molecule has 1 rings (SSSR count). The maximum Gasteiger partial charge on any atom is 0.407 e. The topological polar surface area (TPSA) is 38.3 Å². The predicted molar refractivity (Wildman–Crippen MR) is 62.2 cm³/mol. The second-order valence-corrected chi connectivity index (χ2v) is 4.78. The number of hydrogen-bond acceptors (Lipinski definition) is 3. The molecule has 4 heteroatoms. The van der Waals surface area contributed by atoms with Gasteiger partial charge in [0.15, 0.2) is 0 Å². The number of amides is 1. The van der Waals surface area contributed by atoms with Crippen LogP contribution in [0.5, 0.6) is 0 Å². The molecule has 1 N–H and O–H groups in total. The van der Waals surface area contributed by atoms with Crippen molar-refractivity contribution in [2.75, 3.05) is 0 Å². The van der Waals surface area contributed by atoms with E-state index in [1.165, 1.54) is 4.88 Å². The lowest BCUT2D eigenvalue weighted by molar-refractivity contribution is 0.115. The largest absolute Gasteiger partial charge is 0.447 e. The van der Waals surface area contributed by atoms with Crippen LogP contribution in [0.2, 0.25) is 0 Å². The SMILES string of the molecule is CCc1ccc(CNC(=O)OC(C)C)s1. The van der Waals surface area contributed by atoms with Crippen molar-refractivity contribution >= 4 is 17.4 Å². The number of carbonyl (C=O) groups is 1. The van der Waals surface area contributed by atoms with Gasteiger partial charge in [0.1, 0.15) is 0 Å². The average molecular weight is 227 g/mol. The Balaban J connectivity index is 2.33. The van der Waals surface area contributed by atoms with Crippen LogP contribution in [0.25, 0.3) is 0 Å². The average Bonchev–Trinajstić information content (AvgIpc) is 2.61. The number of thiophene rings is 1. The number of aryl methyl sites for hydroxylation is 1. The van der Waals surface area contributed by atoms with E-state index in [1.54, 1.807) is 11.3 Å². The number of hydrogen-bond donors (Lipinski definition) is 1. The Morgan fingerprint density at radius 3 is 2.67 bits per heavy atom. The van der Waals surface area contributed by atoms with Crippen molar-refractivity contribution in [2.24, 2.45) is 0 Å². The molecule has 1 heterocycles. The highest BCUT2D eigenvalue weighted by Crippen LogP contribution is 2.16. The molecule has 0 aliphatic carbocycles. The van der Waals surface area contributed by atoms with E-state index in [0.29, 0.717) is 6.54 Å². The molecule has 15 heavy (non-hydrogen) atoms. The molecule has 0 bridgehead atoms. The van der Waals surface area contributed by atoms with Gasteiger partial charge in [-0.05, 0) is 32.4 Å². The van der Waals surface area contributed by atoms with Crippen LogP contribution in [0.4, 0.5) is 4.79 Å². The summed E-state index contributed by atoms with van der Waals surface area (Å²) in [4.78, 5) is 13.7. The summed E-state index contributed by atoms with van der Waals surface area (Å²) in [7, 11) is 0. The van der Waals surface area contributed by atoms with E-state index < -0.39 is 0 Å². The molecule has 0 aromatic carbocycles. The molecular weight excluding hydrogens is 210 g/mol. The van der Waals surface area contributed by atoms with Crippen LogP contribution < -0.4 is 5.32 Å². The molecular formula is C11H17NO2S. The van der Waals surface area contributed by atoms with E-state index in [0.717, 1.165) is 11.3 Å². The Morgan fingerprint density at radius 2 is 2.13 bits per heavy atom. The molecule has 1 aromatic heterocycles. The molecule has 0 unspecified atom stereocenters. The summed E-state index contributed by atoms with van der Waals surface area (Å²) < 4.78 is 4.96. The second-order valence-electron chi connectivity index (χ2n) is 3.53. The van der Waals surface area contributed by atoms with E-state index in [2.05, 4.69) is 18.3 Å². The maximum atomic E-state index is 11.2. The zero-order valence-corrected chi connectivity index (χ0v) is 10.2. The predicted octanol–water partition coefficient (Wildman–Crippen LogP) is 2.95. The summed E-state index contributed by atoms with van der Waals surface area (Å²) in [6.45, 7) is 6.34. The lowest BCUT2D eigenvalue weighted by atomic mass is 10.4. The van der Waals surface area contributed by atoms with Gasteiger partial charge in [-0.25, -0.2) is 4.79 Å². The van der Waals surface area contributed by atoms with Gasteiger partial charge in [-0.3, -0.25) is 0 Å². The summed E-state index contributed by atoms with van der Waals surface area (Å²) in [6, 6.07) is 4.13. The molecule has 3 nitrogen and oxygen atoms in total. The number of rotatable bonds is 4. The van der Waals surface area contributed by atoms with Crippen LogP contribution in [0, 0.1) is 0 Å². The fraction of sp³-hybridized carbons (Fsp3) is 0.545. The fourth-order valence-corrected chi connectivity index (χ4v) is 2.02. The Labute approximate surface area is 94.5 Å². The van der Waals surface area contributed by atoms with Crippen LogP contribution in [0.1, 0.15) is 30.5 Å². The van der Waals surface area contributed by atoms with Gasteiger partial charge in [0, 0.05) is 9.75 Å². The van der Waals surface area contributed by atoms with Crippen LogP contribution in [0.15, 0.2) is 12.1 Å². The van der Waals surface area contributed by atoms with Gasteiger partial charge >= 0.3 is 6.09 Å². The second kappa shape index (κ2) is 5.75. The van der Waals surface area contributed by atoms with Crippen molar-refractivity contribution in [2.45, 2.75) is 39.8 Å². The molecule has 0 saturated carbocycles. The molecule has 0 aliphatic heterocycles. The summed E-state index contributed by atoms with van der Waals surface area (Å²) in [5.74, 6) is 0. The van der Waals surface area contributed by atoms with Gasteiger partial charge < -0.3 is 10.1 Å². The highest BCUT2D eigenvalue weighted by Gasteiger charge is 2.05. The van der Waals surface area contributed by atoms with Gasteiger partial charge in [0.2, 0.25) is 0 Å². The molecule has 0 aliphatic rings. The summed E-state index contributed by atoms with van der Waals surface area (Å²) in [5, 5.41) is 2.72. The van der Waals surface area contributed by atoms with Gasteiger partial charge in [-0.1, -0.05) is 6.92 Å². The first-order chi connectivity index (χ1) is 7.11. The first-order valence-electron chi connectivity index (χ1n) is 5.14. The smallest absolute Gasteiger partial charge is 0.407 e. The van der Waals surface area contributed by atoms with E-state index in [4.69, 9.17) is 4.74 Å². The van der Waals surface area contributed by atoms with Crippen molar-refractivity contribution < 1.29 is 9.53 Å². The highest BCUT2D eigenvalue weighted by molar-refractivity contribution is 7.11. The Bertz CT molecular complexity index is 320. The van der Waals surface area contributed by atoms with Crippen LogP contribution in [-0.4, -0.2) is 12.2 Å². The van der Waals surface area contributed by atoms with Gasteiger partial charge in [0.05, 0.1) is 12.6 Å². The zero-order chi connectivity index (χ0) is 11.3. The van der Waals surface area contributed by atoms with Crippen LogP contribution in [-0.2, 0) is 17.7 Å². The fourth-order valence-electron chi connectivity index (χ4n) is 1.12. The number of ether oxygens (including phenoxy) is 1. The number of nitrogens with one attached hydrogen (secondary N) is 1. The third kappa shape index (κ3) is 4.34. The Morgan fingerprint density at radius 1 is 1.47 bits per heavy atom. The lowest BCUT2D eigenvalue weighted by Gasteiger charge is -2.08. The summed E-state index contributed by atoms with van der Waals surface area (Å²) in [5.41, 5.74) is 0. The van der Waals surface area contributed by atoms with Gasteiger partial charge in [0.25, 0.3) is 0 Å². The third-order valence-corrected chi connectivity index (χ3v) is 3.05. The van der Waals surface area contributed by atoms with E-state index >= 15 is 0 Å². The molecule has 0 radical (unpaired) electrons. The van der Waals surface area contributed by atoms with E-state index in [-0.39, 0.29) is 12.2 Å². The first kappa shape index (κ1) is 12.0. The van der Waals surface area contributed by atoms with Crippen molar-refractivity contribution in [3.05, 3.63) is 21.9 Å². The van der Waals surface area contributed by atoms with Gasteiger partial charge in [-0.2, -0.15) is 0 Å². The molecule has 0 atom stereocenters.